The molecule has 1 rings (SSSR count). The third kappa shape index (κ3) is 7.99. The van der Waals surface area contributed by atoms with Gasteiger partial charge in [-0.25, -0.2) is 0 Å². The summed E-state index contributed by atoms with van der Waals surface area (Å²) >= 11 is 1.45. The van der Waals surface area contributed by atoms with Gasteiger partial charge < -0.3 is 9.84 Å². The second-order valence-corrected chi connectivity index (χ2v) is 6.72. The fourth-order valence-electron chi connectivity index (χ4n) is 1.57. The van der Waals surface area contributed by atoms with E-state index in [1.165, 1.54) is 11.8 Å². The summed E-state index contributed by atoms with van der Waals surface area (Å²) in [6.45, 7) is 5.17. The number of pyridine rings is 1. The molecule has 0 saturated carbocycles. The Morgan fingerprint density at radius 1 is 1.41 bits per heavy atom. The van der Waals surface area contributed by atoms with Crippen LogP contribution >= 0.6 is 11.8 Å². The third-order valence-corrected chi connectivity index (χ3v) is 3.54. The molecular formula is C15H22N2O4S. The van der Waals surface area contributed by atoms with E-state index in [9.17, 15) is 14.7 Å². The number of hydrogen-bond donors (Lipinski definition) is 2. The lowest BCUT2D eigenvalue weighted by Gasteiger charge is -2.20. The normalized spacial score (nSPS) is 12.7. The highest BCUT2D eigenvalue weighted by molar-refractivity contribution is 7.98. The lowest BCUT2D eigenvalue weighted by Crippen LogP contribution is -2.43. The standard InChI is InChI=1S/C15H22N2O4S/c1-15(2,3)21-13(18)8-17-12(14(19)20)10-22-9-11-6-4-5-7-16-11/h4-7,12,17H,8-10H2,1-3H3,(H,19,20)/t12-/m0/s1. The highest BCUT2D eigenvalue weighted by atomic mass is 32.2. The predicted octanol–water partition coefficient (Wildman–Crippen LogP) is 1.70. The van der Waals surface area contributed by atoms with Crippen molar-refractivity contribution in [3.05, 3.63) is 30.1 Å². The van der Waals surface area contributed by atoms with Crippen LogP contribution in [0.5, 0.6) is 0 Å². The van der Waals surface area contributed by atoms with Crippen LogP contribution in [0, 0.1) is 0 Å². The van der Waals surface area contributed by atoms with Crippen molar-refractivity contribution in [2.75, 3.05) is 12.3 Å². The molecule has 0 aromatic carbocycles. The van der Waals surface area contributed by atoms with Crippen LogP contribution < -0.4 is 5.32 Å². The van der Waals surface area contributed by atoms with Crippen LogP contribution in [0.2, 0.25) is 0 Å². The summed E-state index contributed by atoms with van der Waals surface area (Å²) in [6, 6.07) is 4.80. The molecule has 7 heteroatoms. The number of nitrogens with zero attached hydrogens (tertiary/aromatic N) is 1. The number of carbonyl (C=O) groups excluding carboxylic acids is 1. The SMILES string of the molecule is CC(C)(C)OC(=O)CN[C@@H](CSCc1ccccn1)C(=O)O. The average Bonchev–Trinajstić information content (AvgIpc) is 2.41. The van der Waals surface area contributed by atoms with Gasteiger partial charge in [-0.3, -0.25) is 19.9 Å². The second kappa shape index (κ2) is 8.75. The van der Waals surface area contributed by atoms with Crippen molar-refractivity contribution in [3.8, 4) is 0 Å². The Morgan fingerprint density at radius 2 is 2.14 bits per heavy atom. The Hall–Kier alpha value is -1.60. The summed E-state index contributed by atoms with van der Waals surface area (Å²) in [5.41, 5.74) is 0.314. The van der Waals surface area contributed by atoms with Crippen LogP contribution in [0.4, 0.5) is 0 Å². The van der Waals surface area contributed by atoms with Crippen molar-refractivity contribution in [1.29, 1.82) is 0 Å². The Labute approximate surface area is 134 Å². The molecule has 1 aromatic heterocycles. The highest BCUT2D eigenvalue weighted by Crippen LogP contribution is 2.11. The summed E-state index contributed by atoms with van der Waals surface area (Å²) in [5, 5.41) is 11.9. The molecule has 0 saturated heterocycles. The average molecular weight is 326 g/mol. The van der Waals surface area contributed by atoms with E-state index >= 15 is 0 Å². The number of aromatic nitrogens is 1. The zero-order valence-corrected chi connectivity index (χ0v) is 13.9. The number of rotatable bonds is 8. The van der Waals surface area contributed by atoms with Crippen molar-refractivity contribution in [2.45, 2.75) is 38.2 Å². The number of carboxylic acids is 1. The minimum Gasteiger partial charge on any atom is -0.480 e. The molecule has 2 N–H and O–H groups in total. The van der Waals surface area contributed by atoms with Gasteiger partial charge in [0.25, 0.3) is 0 Å². The molecule has 1 atom stereocenters. The van der Waals surface area contributed by atoms with Gasteiger partial charge in [-0.1, -0.05) is 6.07 Å². The van der Waals surface area contributed by atoms with Crippen LogP contribution in [-0.4, -0.2) is 46.0 Å². The first-order valence-corrected chi connectivity index (χ1v) is 8.09. The fourth-order valence-corrected chi connectivity index (χ4v) is 2.56. The van der Waals surface area contributed by atoms with Gasteiger partial charge in [0.05, 0.1) is 12.2 Å². The summed E-state index contributed by atoms with van der Waals surface area (Å²) in [6.07, 6.45) is 1.70. The third-order valence-electron chi connectivity index (χ3n) is 2.47. The number of carbonyl (C=O) groups is 2. The molecular weight excluding hydrogens is 304 g/mol. The van der Waals surface area contributed by atoms with E-state index in [4.69, 9.17) is 4.74 Å². The topological polar surface area (TPSA) is 88.5 Å². The zero-order valence-electron chi connectivity index (χ0n) is 13.0. The van der Waals surface area contributed by atoms with Gasteiger partial charge in [0.1, 0.15) is 11.6 Å². The molecule has 1 aromatic rings. The van der Waals surface area contributed by atoms with Gasteiger partial charge in [0.15, 0.2) is 0 Å². The number of nitrogens with one attached hydrogen (secondary N) is 1. The maximum Gasteiger partial charge on any atom is 0.321 e. The van der Waals surface area contributed by atoms with E-state index in [0.29, 0.717) is 11.5 Å². The smallest absolute Gasteiger partial charge is 0.321 e. The van der Waals surface area contributed by atoms with Gasteiger partial charge >= 0.3 is 11.9 Å². The lowest BCUT2D eigenvalue weighted by molar-refractivity contribution is -0.153. The van der Waals surface area contributed by atoms with Crippen LogP contribution in [0.1, 0.15) is 26.5 Å². The highest BCUT2D eigenvalue weighted by Gasteiger charge is 2.21. The van der Waals surface area contributed by atoms with E-state index in [1.54, 1.807) is 27.0 Å². The summed E-state index contributed by atoms with van der Waals surface area (Å²) in [7, 11) is 0. The Bertz CT molecular complexity index is 488. The van der Waals surface area contributed by atoms with E-state index in [0.717, 1.165) is 5.69 Å². The molecule has 0 spiro atoms. The molecule has 1 heterocycles. The number of thioether (sulfide) groups is 1. The Balaban J connectivity index is 2.36. The molecule has 0 aliphatic heterocycles. The molecule has 0 fully saturated rings. The lowest BCUT2D eigenvalue weighted by atomic mass is 10.2. The van der Waals surface area contributed by atoms with Gasteiger partial charge in [0.2, 0.25) is 0 Å². The molecule has 6 nitrogen and oxygen atoms in total. The molecule has 0 amide bonds. The van der Waals surface area contributed by atoms with E-state index < -0.39 is 23.6 Å². The number of hydrogen-bond acceptors (Lipinski definition) is 6. The molecule has 0 unspecified atom stereocenters. The molecule has 0 aliphatic carbocycles. The summed E-state index contributed by atoms with van der Waals surface area (Å²) in [4.78, 5) is 27.0. The van der Waals surface area contributed by atoms with E-state index in [1.807, 2.05) is 18.2 Å². The molecule has 22 heavy (non-hydrogen) atoms. The first-order chi connectivity index (χ1) is 10.3. The van der Waals surface area contributed by atoms with Gasteiger partial charge in [0, 0.05) is 17.7 Å². The van der Waals surface area contributed by atoms with Crippen molar-refractivity contribution in [1.82, 2.24) is 10.3 Å². The minimum absolute atomic E-state index is 0.127. The van der Waals surface area contributed by atoms with Crippen molar-refractivity contribution in [2.24, 2.45) is 0 Å². The number of carboxylic acid groups (broad SMARTS) is 1. The minimum atomic E-state index is -0.989. The Morgan fingerprint density at radius 3 is 2.68 bits per heavy atom. The zero-order chi connectivity index (χ0) is 16.6. The first-order valence-electron chi connectivity index (χ1n) is 6.93. The largest absolute Gasteiger partial charge is 0.480 e. The Kier molecular flexibility index (Phi) is 7.34. The molecule has 0 bridgehead atoms. The first kappa shape index (κ1) is 18.4. The number of esters is 1. The molecule has 0 radical (unpaired) electrons. The van der Waals surface area contributed by atoms with Crippen molar-refractivity contribution in [3.63, 3.8) is 0 Å². The number of ether oxygens (including phenoxy) is 1. The maximum atomic E-state index is 11.6. The van der Waals surface area contributed by atoms with E-state index in [-0.39, 0.29) is 6.54 Å². The van der Waals surface area contributed by atoms with Crippen molar-refractivity contribution >= 4 is 23.7 Å². The van der Waals surface area contributed by atoms with Crippen LogP contribution in [0.15, 0.2) is 24.4 Å². The van der Waals surface area contributed by atoms with Crippen LogP contribution in [0.25, 0.3) is 0 Å². The molecule has 0 aliphatic rings. The quantitative estimate of drug-likeness (QED) is 0.703. The predicted molar refractivity (Wildman–Crippen MR) is 85.7 cm³/mol. The monoisotopic (exact) mass is 326 g/mol. The van der Waals surface area contributed by atoms with E-state index in [2.05, 4.69) is 10.3 Å². The van der Waals surface area contributed by atoms with Gasteiger partial charge in [-0.2, -0.15) is 11.8 Å². The van der Waals surface area contributed by atoms with Crippen LogP contribution in [0.3, 0.4) is 0 Å². The molecule has 122 valence electrons. The van der Waals surface area contributed by atoms with Gasteiger partial charge in [-0.15, -0.1) is 0 Å². The maximum absolute atomic E-state index is 11.6. The van der Waals surface area contributed by atoms with Crippen molar-refractivity contribution < 1.29 is 19.4 Å². The second-order valence-electron chi connectivity index (χ2n) is 5.69. The van der Waals surface area contributed by atoms with Gasteiger partial charge in [-0.05, 0) is 32.9 Å². The number of aliphatic carboxylic acids is 1. The summed E-state index contributed by atoms with van der Waals surface area (Å²) in [5.74, 6) is -0.487. The van der Waals surface area contributed by atoms with Crippen LogP contribution in [-0.2, 0) is 20.1 Å². The fraction of sp³-hybridized carbons (Fsp3) is 0.533. The summed E-state index contributed by atoms with van der Waals surface area (Å²) < 4.78 is 5.13.